The fourth-order valence-corrected chi connectivity index (χ4v) is 1.61. The Morgan fingerprint density at radius 1 is 1.50 bits per heavy atom. The van der Waals surface area contributed by atoms with Crippen LogP contribution < -0.4 is 16.4 Å². The number of amides is 1. The lowest BCUT2D eigenvalue weighted by molar-refractivity contribution is 0.0951. The largest absolute Gasteiger partial charge is 0.381 e. The van der Waals surface area contributed by atoms with Crippen molar-refractivity contribution in [1.82, 2.24) is 10.3 Å². The predicted molar refractivity (Wildman–Crippen MR) is 73.5 cm³/mol. The van der Waals surface area contributed by atoms with Crippen LogP contribution in [0, 0.1) is 5.92 Å². The topological polar surface area (TPSA) is 80.0 Å². The molecule has 1 heterocycles. The number of nitrogens with zero attached hydrogens (tertiary/aromatic N) is 1. The van der Waals surface area contributed by atoms with Gasteiger partial charge in [0.25, 0.3) is 5.91 Å². The van der Waals surface area contributed by atoms with Gasteiger partial charge in [0.05, 0.1) is 0 Å². The molecular formula is C13H22N4O. The van der Waals surface area contributed by atoms with Gasteiger partial charge in [-0.1, -0.05) is 13.8 Å². The van der Waals surface area contributed by atoms with Gasteiger partial charge < -0.3 is 16.4 Å². The second-order valence-corrected chi connectivity index (χ2v) is 4.52. The molecule has 1 aromatic heterocycles. The highest BCUT2D eigenvalue weighted by Crippen LogP contribution is 2.12. The normalized spacial score (nSPS) is 12.3. The average Bonchev–Trinajstić information content (AvgIpc) is 2.36. The number of nitrogens with two attached hydrogens (primary N) is 1. The van der Waals surface area contributed by atoms with Gasteiger partial charge in [-0.2, -0.15) is 0 Å². The van der Waals surface area contributed by atoms with Gasteiger partial charge in [0, 0.05) is 31.0 Å². The van der Waals surface area contributed by atoms with E-state index in [-0.39, 0.29) is 11.9 Å². The summed E-state index contributed by atoms with van der Waals surface area (Å²) in [5.41, 5.74) is 7.00. The molecule has 0 aliphatic heterocycles. The van der Waals surface area contributed by atoms with Crippen LogP contribution in [0.3, 0.4) is 0 Å². The van der Waals surface area contributed by atoms with Crippen LogP contribution in [0.25, 0.3) is 0 Å². The molecule has 100 valence electrons. The van der Waals surface area contributed by atoms with Crippen molar-refractivity contribution in [3.05, 3.63) is 24.0 Å². The van der Waals surface area contributed by atoms with Crippen LogP contribution in [-0.2, 0) is 0 Å². The molecule has 0 aromatic carbocycles. The third kappa shape index (κ3) is 4.00. The molecule has 5 heteroatoms. The number of rotatable bonds is 6. The zero-order chi connectivity index (χ0) is 13.5. The third-order valence-electron chi connectivity index (χ3n) is 2.74. The predicted octanol–water partition coefficient (Wildman–Crippen LogP) is 1.23. The monoisotopic (exact) mass is 250 g/mol. The number of aromatic nitrogens is 1. The van der Waals surface area contributed by atoms with Crippen molar-refractivity contribution in [2.45, 2.75) is 26.8 Å². The van der Waals surface area contributed by atoms with E-state index in [1.807, 2.05) is 13.0 Å². The maximum atomic E-state index is 11.7. The number of pyridine rings is 1. The fourth-order valence-electron chi connectivity index (χ4n) is 1.61. The highest BCUT2D eigenvalue weighted by Gasteiger charge is 2.12. The minimum atomic E-state index is -0.157. The molecule has 0 saturated carbocycles. The summed E-state index contributed by atoms with van der Waals surface area (Å²) in [5.74, 6) is 0.270. The summed E-state index contributed by atoms with van der Waals surface area (Å²) in [5, 5.41) is 6.05. The van der Waals surface area contributed by atoms with E-state index in [1.54, 1.807) is 12.3 Å². The molecule has 1 atom stereocenters. The van der Waals surface area contributed by atoms with Crippen molar-refractivity contribution in [1.29, 1.82) is 0 Å². The van der Waals surface area contributed by atoms with E-state index in [4.69, 9.17) is 5.73 Å². The minimum absolute atomic E-state index is 0.157. The molecule has 0 aliphatic rings. The van der Waals surface area contributed by atoms with E-state index >= 15 is 0 Å². The Morgan fingerprint density at radius 3 is 2.78 bits per heavy atom. The van der Waals surface area contributed by atoms with Crippen LogP contribution in [0.1, 0.15) is 31.3 Å². The molecule has 0 radical (unpaired) electrons. The lowest BCUT2D eigenvalue weighted by atomic mass is 10.0. The quantitative estimate of drug-likeness (QED) is 0.709. The van der Waals surface area contributed by atoms with Gasteiger partial charge in [-0.3, -0.25) is 9.78 Å². The first-order chi connectivity index (χ1) is 8.58. The van der Waals surface area contributed by atoms with Gasteiger partial charge in [0.1, 0.15) is 5.69 Å². The van der Waals surface area contributed by atoms with Crippen molar-refractivity contribution in [3.8, 4) is 0 Å². The summed E-state index contributed by atoms with van der Waals surface area (Å²) in [6.45, 7) is 7.24. The Balaban J connectivity index is 2.78. The molecule has 0 aliphatic carbocycles. The number of anilines is 1. The van der Waals surface area contributed by atoms with Crippen LogP contribution in [0.15, 0.2) is 18.3 Å². The molecule has 4 N–H and O–H groups in total. The summed E-state index contributed by atoms with van der Waals surface area (Å²) in [6, 6.07) is 3.78. The number of carbonyl (C=O) groups is 1. The zero-order valence-corrected chi connectivity index (χ0v) is 11.2. The minimum Gasteiger partial charge on any atom is -0.381 e. The number of carbonyl (C=O) groups excluding carboxylic acids is 1. The van der Waals surface area contributed by atoms with Crippen LogP contribution in [0.4, 0.5) is 5.69 Å². The lowest BCUT2D eigenvalue weighted by Gasteiger charge is -2.21. The van der Waals surface area contributed by atoms with Crippen LogP contribution in [0.2, 0.25) is 0 Å². The summed E-state index contributed by atoms with van der Waals surface area (Å²) in [4.78, 5) is 15.7. The van der Waals surface area contributed by atoms with Crippen molar-refractivity contribution in [2.75, 3.05) is 18.4 Å². The van der Waals surface area contributed by atoms with Crippen LogP contribution in [-0.4, -0.2) is 30.0 Å². The molecule has 18 heavy (non-hydrogen) atoms. The van der Waals surface area contributed by atoms with E-state index in [1.165, 1.54) is 0 Å². The van der Waals surface area contributed by atoms with E-state index in [0.29, 0.717) is 24.7 Å². The van der Waals surface area contributed by atoms with Crippen molar-refractivity contribution >= 4 is 11.6 Å². The molecule has 1 aromatic rings. The first kappa shape index (κ1) is 14.4. The second-order valence-electron chi connectivity index (χ2n) is 4.52. The maximum Gasteiger partial charge on any atom is 0.269 e. The van der Waals surface area contributed by atoms with Gasteiger partial charge in [0.2, 0.25) is 0 Å². The van der Waals surface area contributed by atoms with Crippen molar-refractivity contribution < 1.29 is 4.79 Å². The van der Waals surface area contributed by atoms with E-state index in [2.05, 4.69) is 29.5 Å². The Hall–Kier alpha value is -1.62. The molecule has 1 rings (SSSR count). The van der Waals surface area contributed by atoms with Gasteiger partial charge in [-0.05, 0) is 25.0 Å². The summed E-state index contributed by atoms with van der Waals surface area (Å²) in [6.07, 6.45) is 1.63. The van der Waals surface area contributed by atoms with Crippen LogP contribution >= 0.6 is 0 Å². The zero-order valence-electron chi connectivity index (χ0n) is 11.2. The summed E-state index contributed by atoms with van der Waals surface area (Å²) in [7, 11) is 0. The highest BCUT2D eigenvalue weighted by molar-refractivity contribution is 5.93. The SMILES string of the molecule is CCNC(=O)c1cc(NC(CN)C(C)C)ccn1. The lowest BCUT2D eigenvalue weighted by Crippen LogP contribution is -2.33. The summed E-state index contributed by atoms with van der Waals surface area (Å²) >= 11 is 0. The van der Waals surface area contributed by atoms with E-state index < -0.39 is 0 Å². The molecule has 1 unspecified atom stereocenters. The highest BCUT2D eigenvalue weighted by atomic mass is 16.1. The smallest absolute Gasteiger partial charge is 0.269 e. The number of hydrogen-bond donors (Lipinski definition) is 3. The standard InChI is InChI=1S/C13H22N4O/c1-4-15-13(18)11-7-10(5-6-16-11)17-12(8-14)9(2)3/h5-7,9,12H,4,8,14H2,1-3H3,(H,15,18)(H,16,17). The molecule has 0 bridgehead atoms. The molecule has 0 spiro atoms. The first-order valence-electron chi connectivity index (χ1n) is 6.29. The summed E-state index contributed by atoms with van der Waals surface area (Å²) < 4.78 is 0. The van der Waals surface area contributed by atoms with E-state index in [0.717, 1.165) is 5.69 Å². The second kappa shape index (κ2) is 6.96. The molecule has 5 nitrogen and oxygen atoms in total. The Kier molecular flexibility index (Phi) is 5.58. The van der Waals surface area contributed by atoms with Crippen molar-refractivity contribution in [3.63, 3.8) is 0 Å². The van der Waals surface area contributed by atoms with Gasteiger partial charge in [0.15, 0.2) is 0 Å². The van der Waals surface area contributed by atoms with Gasteiger partial charge in [-0.15, -0.1) is 0 Å². The van der Waals surface area contributed by atoms with Crippen molar-refractivity contribution in [2.24, 2.45) is 11.7 Å². The number of hydrogen-bond acceptors (Lipinski definition) is 4. The average molecular weight is 250 g/mol. The maximum absolute atomic E-state index is 11.7. The van der Waals surface area contributed by atoms with E-state index in [9.17, 15) is 4.79 Å². The Morgan fingerprint density at radius 2 is 2.22 bits per heavy atom. The third-order valence-corrected chi connectivity index (χ3v) is 2.74. The molecule has 0 fully saturated rings. The molecule has 1 amide bonds. The van der Waals surface area contributed by atoms with Gasteiger partial charge >= 0.3 is 0 Å². The first-order valence-corrected chi connectivity index (χ1v) is 6.29. The van der Waals surface area contributed by atoms with Crippen LogP contribution in [0.5, 0.6) is 0 Å². The molecular weight excluding hydrogens is 228 g/mol. The Bertz CT molecular complexity index is 392. The fraction of sp³-hybridized carbons (Fsp3) is 0.538. The number of nitrogens with one attached hydrogen (secondary N) is 2. The molecule has 0 saturated heterocycles. The Labute approximate surface area is 108 Å². The van der Waals surface area contributed by atoms with Gasteiger partial charge in [-0.25, -0.2) is 0 Å².